The monoisotopic (exact) mass is 272 g/mol. The van der Waals surface area contributed by atoms with Crippen molar-refractivity contribution in [3.63, 3.8) is 0 Å². The smallest absolute Gasteiger partial charge is 0.193 e. The average Bonchev–Trinajstić information content (AvgIpc) is 2.96. The largest absolute Gasteiger partial charge is 0.313 e. The number of hydrogen-bond acceptors (Lipinski definition) is 4. The third-order valence-corrected chi connectivity index (χ3v) is 3.97. The van der Waals surface area contributed by atoms with Crippen molar-refractivity contribution in [3.8, 4) is 0 Å². The highest BCUT2D eigenvalue weighted by molar-refractivity contribution is 7.15. The first-order valence-electron chi connectivity index (χ1n) is 6.26. The summed E-state index contributed by atoms with van der Waals surface area (Å²) in [6.07, 6.45) is 8.81. The number of imidazole rings is 1. The van der Waals surface area contributed by atoms with Gasteiger partial charge in [-0.1, -0.05) is 6.07 Å². The van der Waals surface area contributed by atoms with Gasteiger partial charge in [0.2, 0.25) is 0 Å². The van der Waals surface area contributed by atoms with E-state index in [0.717, 1.165) is 17.1 Å². The van der Waals surface area contributed by atoms with Crippen LogP contribution < -0.4 is 5.32 Å². The molecule has 0 aliphatic rings. The van der Waals surface area contributed by atoms with Crippen LogP contribution in [-0.4, -0.2) is 21.4 Å². The summed E-state index contributed by atoms with van der Waals surface area (Å²) >= 11 is 1.66. The molecule has 3 aromatic rings. The molecule has 4 nitrogen and oxygen atoms in total. The fraction of sp³-hybridized carbons (Fsp3) is 0.286. The SMILES string of the molecule is CNC(Cc1cn2ccsc2n1)c1cncc(C)c1. The van der Waals surface area contributed by atoms with Gasteiger partial charge in [-0.3, -0.25) is 9.38 Å². The van der Waals surface area contributed by atoms with E-state index >= 15 is 0 Å². The molecule has 1 unspecified atom stereocenters. The van der Waals surface area contributed by atoms with Gasteiger partial charge in [0.05, 0.1) is 5.69 Å². The van der Waals surface area contributed by atoms with Crippen LogP contribution >= 0.6 is 11.3 Å². The first kappa shape index (κ1) is 12.3. The molecule has 1 atom stereocenters. The summed E-state index contributed by atoms with van der Waals surface area (Å²) in [5, 5.41) is 5.39. The van der Waals surface area contributed by atoms with E-state index in [-0.39, 0.29) is 6.04 Å². The summed E-state index contributed by atoms with van der Waals surface area (Å²) < 4.78 is 2.07. The molecule has 0 aromatic carbocycles. The topological polar surface area (TPSA) is 42.2 Å². The molecule has 0 aliphatic heterocycles. The lowest BCUT2D eigenvalue weighted by Gasteiger charge is -2.15. The van der Waals surface area contributed by atoms with Gasteiger partial charge in [0.15, 0.2) is 4.96 Å². The number of thiazole rings is 1. The maximum atomic E-state index is 4.63. The molecular formula is C14H16N4S. The van der Waals surface area contributed by atoms with E-state index in [1.54, 1.807) is 11.3 Å². The number of hydrogen-bond donors (Lipinski definition) is 1. The second kappa shape index (κ2) is 5.11. The van der Waals surface area contributed by atoms with E-state index in [9.17, 15) is 0 Å². The van der Waals surface area contributed by atoms with Crippen molar-refractivity contribution >= 4 is 16.3 Å². The Bertz CT molecular complexity index is 657. The van der Waals surface area contributed by atoms with Gasteiger partial charge in [-0.2, -0.15) is 0 Å². The number of aromatic nitrogens is 3. The molecular weight excluding hydrogens is 256 g/mol. The first-order valence-corrected chi connectivity index (χ1v) is 7.14. The molecule has 0 saturated carbocycles. The van der Waals surface area contributed by atoms with Gasteiger partial charge in [0, 0.05) is 42.6 Å². The normalized spacial score (nSPS) is 12.9. The predicted octanol–water partition coefficient (Wildman–Crippen LogP) is 2.60. The number of rotatable bonds is 4. The highest BCUT2D eigenvalue weighted by atomic mass is 32.1. The minimum atomic E-state index is 0.247. The zero-order chi connectivity index (χ0) is 13.2. The Morgan fingerprint density at radius 3 is 3.05 bits per heavy atom. The molecule has 0 fully saturated rings. The number of nitrogens with one attached hydrogen (secondary N) is 1. The van der Waals surface area contributed by atoms with Crippen molar-refractivity contribution in [1.29, 1.82) is 0 Å². The molecule has 3 aromatic heterocycles. The molecule has 3 heterocycles. The van der Waals surface area contributed by atoms with Crippen molar-refractivity contribution in [1.82, 2.24) is 19.7 Å². The van der Waals surface area contributed by atoms with Crippen LogP contribution in [0.1, 0.15) is 22.9 Å². The third kappa shape index (κ3) is 2.52. The lowest BCUT2D eigenvalue weighted by molar-refractivity contribution is 0.583. The number of fused-ring (bicyclic) bond motifs is 1. The van der Waals surface area contributed by atoms with Crippen molar-refractivity contribution in [2.75, 3.05) is 7.05 Å². The molecule has 0 bridgehead atoms. The van der Waals surface area contributed by atoms with Crippen molar-refractivity contribution in [3.05, 3.63) is 53.1 Å². The Kier molecular flexibility index (Phi) is 3.31. The number of aryl methyl sites for hydroxylation is 1. The zero-order valence-electron chi connectivity index (χ0n) is 11.0. The summed E-state index contributed by atoms with van der Waals surface area (Å²) in [6.45, 7) is 2.07. The second-order valence-electron chi connectivity index (χ2n) is 4.67. The van der Waals surface area contributed by atoms with Crippen molar-refractivity contribution < 1.29 is 0 Å². The Balaban J connectivity index is 1.85. The van der Waals surface area contributed by atoms with Gasteiger partial charge >= 0.3 is 0 Å². The van der Waals surface area contributed by atoms with E-state index in [1.807, 2.05) is 31.0 Å². The standard InChI is InChI=1S/C14H16N4S/c1-10-5-11(8-16-7-10)13(15-2)6-12-9-18-3-4-19-14(18)17-12/h3-5,7-9,13,15H,6H2,1-2H3. The Morgan fingerprint density at radius 2 is 2.32 bits per heavy atom. The maximum absolute atomic E-state index is 4.63. The van der Waals surface area contributed by atoms with Crippen LogP contribution in [0, 0.1) is 6.92 Å². The van der Waals surface area contributed by atoms with Crippen LogP contribution in [-0.2, 0) is 6.42 Å². The molecule has 98 valence electrons. The van der Waals surface area contributed by atoms with Gasteiger partial charge < -0.3 is 5.32 Å². The number of nitrogens with zero attached hydrogens (tertiary/aromatic N) is 3. The lowest BCUT2D eigenvalue weighted by Crippen LogP contribution is -2.19. The number of likely N-dealkylation sites (N-methyl/N-ethyl adjacent to an activating group) is 1. The highest BCUT2D eigenvalue weighted by Crippen LogP contribution is 2.19. The van der Waals surface area contributed by atoms with Crippen LogP contribution in [0.4, 0.5) is 0 Å². The van der Waals surface area contributed by atoms with Crippen molar-refractivity contribution in [2.45, 2.75) is 19.4 Å². The predicted molar refractivity (Wildman–Crippen MR) is 77.5 cm³/mol. The molecule has 19 heavy (non-hydrogen) atoms. The van der Waals surface area contributed by atoms with E-state index in [4.69, 9.17) is 0 Å². The quantitative estimate of drug-likeness (QED) is 0.794. The third-order valence-electron chi connectivity index (χ3n) is 3.20. The molecule has 0 saturated heterocycles. The van der Waals surface area contributed by atoms with Crippen LogP contribution in [0.15, 0.2) is 36.2 Å². The van der Waals surface area contributed by atoms with Crippen molar-refractivity contribution in [2.24, 2.45) is 0 Å². The van der Waals surface area contributed by atoms with Gasteiger partial charge in [-0.25, -0.2) is 4.98 Å². The van der Waals surface area contributed by atoms with Gasteiger partial charge in [-0.15, -0.1) is 11.3 Å². The first-order chi connectivity index (χ1) is 9.26. The molecule has 0 radical (unpaired) electrons. The summed E-state index contributed by atoms with van der Waals surface area (Å²) in [4.78, 5) is 9.94. The van der Waals surface area contributed by atoms with Crippen LogP contribution in [0.3, 0.4) is 0 Å². The Hall–Kier alpha value is -1.72. The van der Waals surface area contributed by atoms with Crippen LogP contribution in [0.25, 0.3) is 4.96 Å². The van der Waals surface area contributed by atoms with Crippen LogP contribution in [0.5, 0.6) is 0 Å². The molecule has 5 heteroatoms. The van der Waals surface area contributed by atoms with E-state index in [1.165, 1.54) is 11.1 Å². The second-order valence-corrected chi connectivity index (χ2v) is 5.54. The summed E-state index contributed by atoms with van der Waals surface area (Å²) in [6, 6.07) is 2.42. The highest BCUT2D eigenvalue weighted by Gasteiger charge is 2.13. The van der Waals surface area contributed by atoms with Crippen LogP contribution in [0.2, 0.25) is 0 Å². The van der Waals surface area contributed by atoms with E-state index < -0.39 is 0 Å². The molecule has 0 spiro atoms. The van der Waals surface area contributed by atoms with Gasteiger partial charge in [-0.05, 0) is 25.1 Å². The molecule has 1 N–H and O–H groups in total. The number of pyridine rings is 1. The Morgan fingerprint density at radius 1 is 1.42 bits per heavy atom. The summed E-state index contributed by atoms with van der Waals surface area (Å²) in [7, 11) is 1.98. The molecule has 3 rings (SSSR count). The fourth-order valence-corrected chi connectivity index (χ4v) is 2.96. The average molecular weight is 272 g/mol. The van der Waals surface area contributed by atoms with Gasteiger partial charge in [0.25, 0.3) is 0 Å². The summed E-state index contributed by atoms with van der Waals surface area (Å²) in [5.74, 6) is 0. The maximum Gasteiger partial charge on any atom is 0.193 e. The molecule has 0 aliphatic carbocycles. The zero-order valence-corrected chi connectivity index (χ0v) is 11.8. The fourth-order valence-electron chi connectivity index (χ4n) is 2.24. The summed E-state index contributed by atoms with van der Waals surface area (Å²) in [5.41, 5.74) is 3.50. The Labute approximate surface area is 116 Å². The lowest BCUT2D eigenvalue weighted by atomic mass is 10.0. The van der Waals surface area contributed by atoms with E-state index in [2.05, 4.69) is 38.9 Å². The minimum Gasteiger partial charge on any atom is -0.313 e. The molecule has 0 amide bonds. The van der Waals surface area contributed by atoms with E-state index in [0.29, 0.717) is 0 Å². The van der Waals surface area contributed by atoms with Gasteiger partial charge in [0.1, 0.15) is 0 Å². The minimum absolute atomic E-state index is 0.247.